The van der Waals surface area contributed by atoms with Crippen molar-refractivity contribution in [2.24, 2.45) is 5.92 Å². The largest absolute Gasteiger partial charge is 0.346 e. The summed E-state index contributed by atoms with van der Waals surface area (Å²) >= 11 is 0. The fourth-order valence-corrected chi connectivity index (χ4v) is 6.50. The molecule has 166 valence electrons. The molecule has 8 heteroatoms. The number of aromatic amines is 1. The zero-order valence-electron chi connectivity index (χ0n) is 18.1. The Bertz CT molecular complexity index is 1300. The third-order valence-corrected chi connectivity index (χ3v) is 8.27. The normalized spacial score (nSPS) is 19.7. The van der Waals surface area contributed by atoms with Crippen molar-refractivity contribution in [3.63, 3.8) is 0 Å². The van der Waals surface area contributed by atoms with E-state index in [4.69, 9.17) is 4.98 Å². The van der Waals surface area contributed by atoms with Gasteiger partial charge in [-0.05, 0) is 49.4 Å². The number of hydrogen-bond donors (Lipinski definition) is 1. The monoisotopic (exact) mass is 449 g/mol. The van der Waals surface area contributed by atoms with Gasteiger partial charge in [0.1, 0.15) is 0 Å². The molecule has 0 unspecified atom stereocenters. The topological polar surface area (TPSA) is 83.9 Å². The summed E-state index contributed by atoms with van der Waals surface area (Å²) in [5, 5.41) is 6.81. The molecule has 1 aliphatic heterocycles. The molecule has 0 radical (unpaired) electrons. The first-order valence-electron chi connectivity index (χ1n) is 11.0. The predicted molar refractivity (Wildman–Crippen MR) is 126 cm³/mol. The Morgan fingerprint density at radius 1 is 1.12 bits per heavy atom. The maximum atomic E-state index is 13.0. The molecule has 5 rings (SSSR count). The van der Waals surface area contributed by atoms with E-state index in [1.54, 1.807) is 10.5 Å². The van der Waals surface area contributed by atoms with Crippen LogP contribution in [0.2, 0.25) is 0 Å². The predicted octanol–water partition coefficient (Wildman–Crippen LogP) is 3.71. The second-order valence-electron chi connectivity index (χ2n) is 8.63. The van der Waals surface area contributed by atoms with Crippen LogP contribution < -0.4 is 0 Å². The van der Waals surface area contributed by atoms with E-state index in [0.29, 0.717) is 13.0 Å². The average molecular weight is 450 g/mol. The molecule has 1 aliphatic rings. The fourth-order valence-electron chi connectivity index (χ4n) is 4.70. The van der Waals surface area contributed by atoms with E-state index in [1.807, 2.05) is 61.8 Å². The third kappa shape index (κ3) is 4.20. The Morgan fingerprint density at radius 2 is 1.97 bits per heavy atom. The number of aromatic nitrogens is 4. The summed E-state index contributed by atoms with van der Waals surface area (Å²) in [6.07, 6.45) is 7.05. The van der Waals surface area contributed by atoms with Gasteiger partial charge in [0.2, 0.25) is 10.0 Å². The van der Waals surface area contributed by atoms with Crippen LogP contribution in [0.4, 0.5) is 0 Å². The molecule has 4 heterocycles. The van der Waals surface area contributed by atoms with Gasteiger partial charge in [-0.3, -0.25) is 5.10 Å². The van der Waals surface area contributed by atoms with Gasteiger partial charge in [0, 0.05) is 37.1 Å². The van der Waals surface area contributed by atoms with E-state index in [0.717, 1.165) is 40.8 Å². The molecule has 0 aliphatic carbocycles. The zero-order valence-corrected chi connectivity index (χ0v) is 18.9. The molecular formula is C24H27N5O2S. The van der Waals surface area contributed by atoms with E-state index < -0.39 is 10.0 Å². The van der Waals surface area contributed by atoms with Crippen molar-refractivity contribution in [3.8, 4) is 11.3 Å². The van der Waals surface area contributed by atoms with Gasteiger partial charge < -0.3 is 4.57 Å². The lowest BCUT2D eigenvalue weighted by Crippen LogP contribution is -2.36. The summed E-state index contributed by atoms with van der Waals surface area (Å²) in [5.41, 5.74) is 4.90. The van der Waals surface area contributed by atoms with Gasteiger partial charge in [0.05, 0.1) is 28.7 Å². The molecule has 32 heavy (non-hydrogen) atoms. The number of aryl methyl sites for hydroxylation is 1. The molecule has 3 aromatic heterocycles. The number of nitrogens with one attached hydrogen (secondary N) is 1. The first-order valence-corrected chi connectivity index (χ1v) is 12.6. The molecule has 1 fully saturated rings. The van der Waals surface area contributed by atoms with Crippen molar-refractivity contribution in [1.82, 2.24) is 24.1 Å². The standard InChI is InChI=1S/C24H27N5O2S/c1-18-13-20(17-29(18)32(30,31)12-10-19-5-3-2-4-6-19)16-28-11-9-23-24(28)8-7-22(27-23)21-14-25-26-15-21/h2-9,11,14-15,18,20H,10,12-13,16-17H2,1H3,(H,25,26)/t18-,20+/m0/s1. The smallest absolute Gasteiger partial charge is 0.214 e. The maximum absolute atomic E-state index is 13.0. The summed E-state index contributed by atoms with van der Waals surface area (Å²) in [6.45, 7) is 3.37. The van der Waals surface area contributed by atoms with Crippen molar-refractivity contribution in [2.45, 2.75) is 32.4 Å². The van der Waals surface area contributed by atoms with Gasteiger partial charge in [-0.15, -0.1) is 0 Å². The van der Waals surface area contributed by atoms with Gasteiger partial charge in [0.15, 0.2) is 0 Å². The maximum Gasteiger partial charge on any atom is 0.214 e. The number of nitrogens with zero attached hydrogens (tertiary/aromatic N) is 4. The number of rotatable bonds is 7. The first kappa shape index (κ1) is 20.9. The highest BCUT2D eigenvalue weighted by Crippen LogP contribution is 2.29. The highest BCUT2D eigenvalue weighted by Gasteiger charge is 2.36. The zero-order chi connectivity index (χ0) is 22.1. The van der Waals surface area contributed by atoms with E-state index in [9.17, 15) is 8.42 Å². The van der Waals surface area contributed by atoms with Gasteiger partial charge in [-0.2, -0.15) is 9.40 Å². The molecule has 0 saturated carbocycles. The minimum absolute atomic E-state index is 0.0217. The highest BCUT2D eigenvalue weighted by atomic mass is 32.2. The molecule has 7 nitrogen and oxygen atoms in total. The van der Waals surface area contributed by atoms with Crippen molar-refractivity contribution in [1.29, 1.82) is 0 Å². The number of H-pyrrole nitrogens is 1. The van der Waals surface area contributed by atoms with Crippen molar-refractivity contribution < 1.29 is 8.42 Å². The summed E-state index contributed by atoms with van der Waals surface area (Å²) < 4.78 is 30.0. The Balaban J connectivity index is 1.27. The summed E-state index contributed by atoms with van der Waals surface area (Å²) in [4.78, 5) is 4.75. The van der Waals surface area contributed by atoms with Crippen LogP contribution in [0.5, 0.6) is 0 Å². The fraction of sp³-hybridized carbons (Fsp3) is 0.333. The molecule has 1 N–H and O–H groups in total. The van der Waals surface area contributed by atoms with Crippen molar-refractivity contribution in [3.05, 3.63) is 72.7 Å². The van der Waals surface area contributed by atoms with E-state index in [1.165, 1.54) is 0 Å². The van der Waals surface area contributed by atoms with Crippen molar-refractivity contribution in [2.75, 3.05) is 12.3 Å². The second kappa shape index (κ2) is 8.52. The van der Waals surface area contributed by atoms with E-state index in [2.05, 4.69) is 20.8 Å². The average Bonchev–Trinajstić information content (AvgIpc) is 3.54. The quantitative estimate of drug-likeness (QED) is 0.466. The molecule has 1 saturated heterocycles. The lowest BCUT2D eigenvalue weighted by molar-refractivity contribution is 0.399. The summed E-state index contributed by atoms with van der Waals surface area (Å²) in [6, 6.07) is 15.9. The Labute approximate surface area is 188 Å². The number of hydrogen-bond acceptors (Lipinski definition) is 4. The number of pyridine rings is 1. The van der Waals surface area contributed by atoms with Crippen LogP contribution in [0.15, 0.2) is 67.1 Å². The van der Waals surface area contributed by atoms with E-state index in [-0.39, 0.29) is 17.7 Å². The van der Waals surface area contributed by atoms with Gasteiger partial charge in [-0.25, -0.2) is 13.4 Å². The molecule has 1 aromatic carbocycles. The minimum Gasteiger partial charge on any atom is -0.346 e. The Morgan fingerprint density at radius 3 is 2.75 bits per heavy atom. The lowest BCUT2D eigenvalue weighted by atomic mass is 10.1. The van der Waals surface area contributed by atoms with Gasteiger partial charge >= 0.3 is 0 Å². The summed E-state index contributed by atoms with van der Waals surface area (Å²) in [5.74, 6) is 0.432. The van der Waals surface area contributed by atoms with E-state index >= 15 is 0 Å². The van der Waals surface area contributed by atoms with Crippen LogP contribution in [0, 0.1) is 5.92 Å². The first-order chi connectivity index (χ1) is 15.5. The van der Waals surface area contributed by atoms with Crippen molar-refractivity contribution >= 4 is 21.1 Å². The van der Waals surface area contributed by atoms with Crippen LogP contribution >= 0.6 is 0 Å². The van der Waals surface area contributed by atoms with Crippen LogP contribution in [0.3, 0.4) is 0 Å². The molecule has 0 amide bonds. The highest BCUT2D eigenvalue weighted by molar-refractivity contribution is 7.89. The number of sulfonamides is 1. The minimum atomic E-state index is -3.29. The van der Waals surface area contributed by atoms with Gasteiger partial charge in [-0.1, -0.05) is 30.3 Å². The SMILES string of the molecule is C[C@H]1C[C@H](Cn2ccc3nc(-c4cn[nH]c4)ccc32)CN1S(=O)(=O)CCc1ccccc1. The molecular weight excluding hydrogens is 422 g/mol. The second-order valence-corrected chi connectivity index (χ2v) is 10.7. The van der Waals surface area contributed by atoms with Crippen LogP contribution in [-0.4, -0.2) is 50.8 Å². The summed E-state index contributed by atoms with van der Waals surface area (Å²) in [7, 11) is -3.29. The van der Waals surface area contributed by atoms with Gasteiger partial charge in [0.25, 0.3) is 0 Å². The third-order valence-electron chi connectivity index (χ3n) is 6.33. The lowest BCUT2D eigenvalue weighted by Gasteiger charge is -2.21. The Hall–Kier alpha value is -2.97. The number of fused-ring (bicyclic) bond motifs is 1. The van der Waals surface area contributed by atoms with Crippen LogP contribution in [0.1, 0.15) is 18.9 Å². The molecule has 2 atom stereocenters. The number of benzene rings is 1. The Kier molecular flexibility index (Phi) is 5.57. The van der Waals surface area contributed by atoms with Crippen LogP contribution in [0.25, 0.3) is 22.3 Å². The van der Waals surface area contributed by atoms with Crippen LogP contribution in [-0.2, 0) is 23.0 Å². The molecule has 0 bridgehead atoms. The molecule has 4 aromatic rings. The molecule has 0 spiro atoms.